The van der Waals surface area contributed by atoms with Gasteiger partial charge in [0.05, 0.1) is 13.7 Å². The van der Waals surface area contributed by atoms with Crippen molar-refractivity contribution in [2.75, 3.05) is 26.8 Å². The van der Waals surface area contributed by atoms with Gasteiger partial charge in [-0.1, -0.05) is 29.8 Å². The zero-order valence-electron chi connectivity index (χ0n) is 17.5. The van der Waals surface area contributed by atoms with Crippen molar-refractivity contribution < 1.29 is 14.3 Å². The maximum absolute atomic E-state index is 12.2. The van der Waals surface area contributed by atoms with Gasteiger partial charge in [0.25, 0.3) is 0 Å². The van der Waals surface area contributed by atoms with Crippen molar-refractivity contribution in [3.8, 4) is 11.5 Å². The Morgan fingerprint density at radius 1 is 1.10 bits per heavy atom. The van der Waals surface area contributed by atoms with Gasteiger partial charge < -0.3 is 14.8 Å². The number of hydrogen-bond donors (Lipinski definition) is 1. The van der Waals surface area contributed by atoms with Crippen LogP contribution >= 0.6 is 0 Å². The second kappa shape index (κ2) is 10.9. The standard InChI is InChI=1S/C24H32N2O3/c1-19-5-3-6-20(17-19)18-26-14-12-21(13-15-26)25-24(27)7-4-16-29-23-10-8-22(28-2)9-11-23/h3,5-6,8-11,17,21H,4,7,12-16,18H2,1-2H3,(H,25,27). The van der Waals surface area contributed by atoms with E-state index in [0.29, 0.717) is 25.5 Å². The average Bonchev–Trinajstić information content (AvgIpc) is 2.73. The number of likely N-dealkylation sites (tertiary alicyclic amines) is 1. The lowest BCUT2D eigenvalue weighted by Crippen LogP contribution is -2.44. The number of carbonyl (C=O) groups is 1. The minimum Gasteiger partial charge on any atom is -0.497 e. The zero-order chi connectivity index (χ0) is 20.5. The van der Waals surface area contributed by atoms with E-state index in [1.165, 1.54) is 11.1 Å². The Kier molecular flexibility index (Phi) is 7.94. The maximum Gasteiger partial charge on any atom is 0.220 e. The van der Waals surface area contributed by atoms with Gasteiger partial charge in [-0.2, -0.15) is 0 Å². The molecule has 0 aromatic heterocycles. The van der Waals surface area contributed by atoms with Crippen LogP contribution in [-0.2, 0) is 11.3 Å². The lowest BCUT2D eigenvalue weighted by Gasteiger charge is -2.32. The molecule has 1 saturated heterocycles. The summed E-state index contributed by atoms with van der Waals surface area (Å²) < 4.78 is 10.8. The smallest absolute Gasteiger partial charge is 0.220 e. The number of nitrogens with one attached hydrogen (secondary N) is 1. The van der Waals surface area contributed by atoms with Crippen molar-refractivity contribution >= 4 is 5.91 Å². The molecule has 29 heavy (non-hydrogen) atoms. The minimum atomic E-state index is 0.125. The van der Waals surface area contributed by atoms with Crippen molar-refractivity contribution in [2.45, 2.75) is 45.2 Å². The van der Waals surface area contributed by atoms with Crippen LogP contribution in [0.25, 0.3) is 0 Å². The molecule has 0 aliphatic carbocycles. The third-order valence-corrected chi connectivity index (χ3v) is 5.32. The first-order chi connectivity index (χ1) is 14.1. The predicted octanol–water partition coefficient (Wildman–Crippen LogP) is 3.94. The second-order valence-corrected chi connectivity index (χ2v) is 7.73. The highest BCUT2D eigenvalue weighted by molar-refractivity contribution is 5.76. The van der Waals surface area contributed by atoms with Gasteiger partial charge in [0.15, 0.2) is 0 Å². The Morgan fingerprint density at radius 2 is 1.83 bits per heavy atom. The Bertz CT molecular complexity index is 768. The van der Waals surface area contributed by atoms with Gasteiger partial charge in [0.2, 0.25) is 5.91 Å². The normalized spacial score (nSPS) is 15.1. The molecule has 0 atom stereocenters. The first-order valence-electron chi connectivity index (χ1n) is 10.5. The molecule has 1 aliphatic heterocycles. The van der Waals surface area contributed by atoms with Crippen molar-refractivity contribution in [2.24, 2.45) is 0 Å². The molecule has 1 N–H and O–H groups in total. The van der Waals surface area contributed by atoms with Gasteiger partial charge in [0.1, 0.15) is 11.5 Å². The van der Waals surface area contributed by atoms with Gasteiger partial charge in [-0.25, -0.2) is 0 Å². The third-order valence-electron chi connectivity index (χ3n) is 5.32. The summed E-state index contributed by atoms with van der Waals surface area (Å²) in [7, 11) is 1.64. The summed E-state index contributed by atoms with van der Waals surface area (Å²) in [4.78, 5) is 14.7. The molecule has 0 unspecified atom stereocenters. The lowest BCUT2D eigenvalue weighted by atomic mass is 10.0. The molecule has 2 aromatic carbocycles. The highest BCUT2D eigenvalue weighted by Gasteiger charge is 2.20. The van der Waals surface area contributed by atoms with E-state index in [9.17, 15) is 4.79 Å². The van der Waals surface area contributed by atoms with E-state index in [2.05, 4.69) is 41.4 Å². The number of aryl methyl sites for hydroxylation is 1. The molecule has 1 fully saturated rings. The van der Waals surface area contributed by atoms with E-state index < -0.39 is 0 Å². The average molecular weight is 397 g/mol. The van der Waals surface area contributed by atoms with E-state index >= 15 is 0 Å². The van der Waals surface area contributed by atoms with Gasteiger partial charge in [0, 0.05) is 32.1 Å². The summed E-state index contributed by atoms with van der Waals surface area (Å²) in [6, 6.07) is 16.5. The SMILES string of the molecule is COc1ccc(OCCCC(=O)NC2CCN(Cc3cccc(C)c3)CC2)cc1. The molecular weight excluding hydrogens is 364 g/mol. The van der Waals surface area contributed by atoms with Crippen LogP contribution in [-0.4, -0.2) is 43.7 Å². The molecule has 2 aromatic rings. The summed E-state index contributed by atoms with van der Waals surface area (Å²) in [6.07, 6.45) is 3.24. The van der Waals surface area contributed by atoms with Crippen molar-refractivity contribution in [3.05, 3.63) is 59.7 Å². The van der Waals surface area contributed by atoms with E-state index in [0.717, 1.165) is 44.0 Å². The van der Waals surface area contributed by atoms with Gasteiger partial charge >= 0.3 is 0 Å². The van der Waals surface area contributed by atoms with E-state index in [-0.39, 0.29) is 5.91 Å². The summed E-state index contributed by atoms with van der Waals surface area (Å²) in [5.41, 5.74) is 2.67. The molecule has 0 saturated carbocycles. The van der Waals surface area contributed by atoms with Gasteiger partial charge in [-0.3, -0.25) is 9.69 Å². The highest BCUT2D eigenvalue weighted by Crippen LogP contribution is 2.17. The van der Waals surface area contributed by atoms with E-state index in [4.69, 9.17) is 9.47 Å². The molecule has 0 bridgehead atoms. The van der Waals surface area contributed by atoms with Crippen LogP contribution < -0.4 is 14.8 Å². The van der Waals surface area contributed by atoms with Crippen molar-refractivity contribution in [1.82, 2.24) is 10.2 Å². The molecule has 1 heterocycles. The first kappa shape index (κ1) is 21.2. The molecule has 0 radical (unpaired) electrons. The number of methoxy groups -OCH3 is 1. The molecule has 156 valence electrons. The third kappa shape index (κ3) is 7.09. The molecular formula is C24H32N2O3. The van der Waals surface area contributed by atoms with Crippen LogP contribution in [0.15, 0.2) is 48.5 Å². The molecule has 5 nitrogen and oxygen atoms in total. The van der Waals surface area contributed by atoms with Crippen LogP contribution in [0.2, 0.25) is 0 Å². The van der Waals surface area contributed by atoms with Crippen LogP contribution in [0.1, 0.15) is 36.8 Å². The summed E-state index contributed by atoms with van der Waals surface area (Å²) in [6.45, 7) is 5.71. The Balaban J connectivity index is 1.29. The summed E-state index contributed by atoms with van der Waals surface area (Å²) in [5, 5.41) is 3.19. The van der Waals surface area contributed by atoms with Gasteiger partial charge in [-0.15, -0.1) is 0 Å². The van der Waals surface area contributed by atoms with Crippen molar-refractivity contribution in [3.63, 3.8) is 0 Å². The fraction of sp³-hybridized carbons (Fsp3) is 0.458. The fourth-order valence-electron chi connectivity index (χ4n) is 3.70. The Hall–Kier alpha value is -2.53. The predicted molar refractivity (Wildman–Crippen MR) is 115 cm³/mol. The fourth-order valence-corrected chi connectivity index (χ4v) is 3.70. The topological polar surface area (TPSA) is 50.8 Å². The number of rotatable bonds is 9. The number of nitrogens with zero attached hydrogens (tertiary/aromatic N) is 1. The van der Waals surface area contributed by atoms with E-state index in [1.54, 1.807) is 7.11 Å². The number of ether oxygens (including phenoxy) is 2. The quantitative estimate of drug-likeness (QED) is 0.652. The Labute approximate surface area is 174 Å². The molecule has 1 aliphatic rings. The summed E-state index contributed by atoms with van der Waals surface area (Å²) in [5.74, 6) is 1.73. The number of amides is 1. The minimum absolute atomic E-state index is 0.125. The Morgan fingerprint density at radius 3 is 2.52 bits per heavy atom. The molecule has 0 spiro atoms. The summed E-state index contributed by atoms with van der Waals surface area (Å²) >= 11 is 0. The largest absolute Gasteiger partial charge is 0.497 e. The molecule has 1 amide bonds. The number of carbonyl (C=O) groups excluding carboxylic acids is 1. The van der Waals surface area contributed by atoms with Crippen LogP contribution in [0.3, 0.4) is 0 Å². The van der Waals surface area contributed by atoms with Crippen LogP contribution in [0.5, 0.6) is 11.5 Å². The monoisotopic (exact) mass is 396 g/mol. The van der Waals surface area contributed by atoms with E-state index in [1.807, 2.05) is 24.3 Å². The number of hydrogen-bond acceptors (Lipinski definition) is 4. The molecule has 5 heteroatoms. The maximum atomic E-state index is 12.2. The number of piperidine rings is 1. The lowest BCUT2D eigenvalue weighted by molar-refractivity contribution is -0.122. The highest BCUT2D eigenvalue weighted by atomic mass is 16.5. The van der Waals surface area contributed by atoms with Crippen molar-refractivity contribution in [1.29, 1.82) is 0 Å². The van der Waals surface area contributed by atoms with Crippen LogP contribution in [0, 0.1) is 6.92 Å². The van der Waals surface area contributed by atoms with Crippen LogP contribution in [0.4, 0.5) is 0 Å². The number of benzene rings is 2. The second-order valence-electron chi connectivity index (χ2n) is 7.73. The first-order valence-corrected chi connectivity index (χ1v) is 10.5. The van der Waals surface area contributed by atoms with Gasteiger partial charge in [-0.05, 0) is 56.0 Å². The zero-order valence-corrected chi connectivity index (χ0v) is 17.5. The molecule has 3 rings (SSSR count).